The summed E-state index contributed by atoms with van der Waals surface area (Å²) in [4.78, 5) is 37.4. The summed E-state index contributed by atoms with van der Waals surface area (Å²) in [6, 6.07) is 10.2. The number of imidazole rings is 1. The summed E-state index contributed by atoms with van der Waals surface area (Å²) in [5.74, 6) is 0.0513. The molecule has 0 unspecified atom stereocenters. The molecule has 5 rings (SSSR count). The van der Waals surface area contributed by atoms with Crippen molar-refractivity contribution in [3.05, 3.63) is 71.9 Å². The summed E-state index contributed by atoms with van der Waals surface area (Å²) in [6.07, 6.45) is 4.69. The first kappa shape index (κ1) is 27.8. The topological polar surface area (TPSA) is 113 Å². The first-order valence-corrected chi connectivity index (χ1v) is 13.3. The Morgan fingerprint density at radius 2 is 1.95 bits per heavy atom. The largest absolute Gasteiger partial charge is 0.494 e. The average molecular weight is 562 g/mol. The monoisotopic (exact) mass is 561 g/mol. The van der Waals surface area contributed by atoms with Crippen molar-refractivity contribution < 1.29 is 23.5 Å². The van der Waals surface area contributed by atoms with Crippen LogP contribution in [-0.4, -0.2) is 89.7 Å². The number of amides is 2. The molecule has 0 spiro atoms. The Morgan fingerprint density at radius 1 is 1.15 bits per heavy atom. The Bertz CT molecular complexity index is 1570. The third-order valence-corrected chi connectivity index (χ3v) is 6.97. The molecule has 41 heavy (non-hydrogen) atoms. The zero-order chi connectivity index (χ0) is 28.9. The number of piperazine rings is 1. The molecule has 2 aromatic heterocycles. The van der Waals surface area contributed by atoms with Crippen LogP contribution in [0.3, 0.4) is 0 Å². The summed E-state index contributed by atoms with van der Waals surface area (Å²) in [5.41, 5.74) is 3.95. The van der Waals surface area contributed by atoms with Gasteiger partial charge >= 0.3 is 6.09 Å². The first-order chi connectivity index (χ1) is 19.9. The lowest BCUT2D eigenvalue weighted by Gasteiger charge is -2.27. The standard InChI is InChI=1S/C29H32FN7O4/c1-19-16-21(5-6-22(19)28(38)35(2)14-15-41-29(39)36-11-8-31-9-12-36)34-26-27-33-18-24(37(27)13-10-32-26)20-4-7-25(40-3)23(30)17-20/h4-7,10,13,16-18,31H,8-9,11-12,14-15H2,1-3H3,(H,32,34). The highest BCUT2D eigenvalue weighted by Gasteiger charge is 2.19. The molecule has 11 nitrogen and oxygen atoms in total. The van der Waals surface area contributed by atoms with Crippen molar-refractivity contribution in [1.82, 2.24) is 29.5 Å². The van der Waals surface area contributed by atoms with Crippen LogP contribution in [0.15, 0.2) is 55.0 Å². The number of likely N-dealkylation sites (N-methyl/N-ethyl adjacent to an activating group) is 1. The van der Waals surface area contributed by atoms with Crippen LogP contribution in [0.5, 0.6) is 5.75 Å². The van der Waals surface area contributed by atoms with Gasteiger partial charge in [-0.2, -0.15) is 0 Å². The number of fused-ring (bicyclic) bond motifs is 1. The predicted molar refractivity (Wildman–Crippen MR) is 152 cm³/mol. The number of anilines is 2. The van der Waals surface area contributed by atoms with Crippen molar-refractivity contribution in [2.75, 3.05) is 58.8 Å². The summed E-state index contributed by atoms with van der Waals surface area (Å²) >= 11 is 0. The molecule has 4 aromatic rings. The number of aryl methyl sites for hydroxylation is 1. The van der Waals surface area contributed by atoms with E-state index in [0.29, 0.717) is 41.4 Å². The van der Waals surface area contributed by atoms with Gasteiger partial charge in [0.1, 0.15) is 6.61 Å². The number of benzene rings is 2. The van der Waals surface area contributed by atoms with Crippen molar-refractivity contribution in [2.24, 2.45) is 0 Å². The molecular weight excluding hydrogens is 529 g/mol. The van der Waals surface area contributed by atoms with Gasteiger partial charge < -0.3 is 29.9 Å². The van der Waals surface area contributed by atoms with Crippen molar-refractivity contribution in [3.8, 4) is 17.0 Å². The van der Waals surface area contributed by atoms with Gasteiger partial charge in [0.2, 0.25) is 0 Å². The maximum Gasteiger partial charge on any atom is 0.409 e. The van der Waals surface area contributed by atoms with E-state index in [1.165, 1.54) is 18.1 Å². The molecule has 0 atom stereocenters. The van der Waals surface area contributed by atoms with E-state index in [1.54, 1.807) is 54.8 Å². The smallest absolute Gasteiger partial charge is 0.409 e. The summed E-state index contributed by atoms with van der Waals surface area (Å²) in [5, 5.41) is 6.47. The van der Waals surface area contributed by atoms with Crippen LogP contribution < -0.4 is 15.4 Å². The summed E-state index contributed by atoms with van der Waals surface area (Å²) in [6.45, 7) is 4.98. The highest BCUT2D eigenvalue weighted by molar-refractivity contribution is 5.96. The minimum absolute atomic E-state index is 0.120. The Hall–Kier alpha value is -4.71. The predicted octanol–water partition coefficient (Wildman–Crippen LogP) is 3.71. The molecule has 0 radical (unpaired) electrons. The minimum atomic E-state index is -0.459. The molecule has 1 fully saturated rings. The second-order valence-corrected chi connectivity index (χ2v) is 9.70. The number of hydrogen-bond acceptors (Lipinski definition) is 8. The van der Waals surface area contributed by atoms with E-state index in [-0.39, 0.29) is 30.9 Å². The van der Waals surface area contributed by atoms with Crippen molar-refractivity contribution in [2.45, 2.75) is 6.92 Å². The second-order valence-electron chi connectivity index (χ2n) is 9.70. The maximum absolute atomic E-state index is 14.3. The molecule has 2 aromatic carbocycles. The SMILES string of the molecule is COc1ccc(-c2cnc3c(Nc4ccc(C(=O)N(C)CCOC(=O)N5CCNCC5)c(C)c4)nccn23)cc1F. The maximum atomic E-state index is 14.3. The average Bonchev–Trinajstić information content (AvgIpc) is 3.42. The van der Waals surface area contributed by atoms with Gasteiger partial charge in [0.15, 0.2) is 23.0 Å². The highest BCUT2D eigenvalue weighted by Crippen LogP contribution is 2.29. The number of halogens is 1. The minimum Gasteiger partial charge on any atom is -0.494 e. The zero-order valence-electron chi connectivity index (χ0n) is 23.2. The van der Waals surface area contributed by atoms with Gasteiger partial charge in [-0.05, 0) is 48.9 Å². The molecular formula is C29H32FN7O4. The molecule has 0 aliphatic carbocycles. The van der Waals surface area contributed by atoms with Gasteiger partial charge in [0.25, 0.3) is 5.91 Å². The molecule has 2 N–H and O–H groups in total. The number of hydrogen-bond donors (Lipinski definition) is 2. The van der Waals surface area contributed by atoms with Crippen LogP contribution in [0.4, 0.5) is 20.7 Å². The number of nitrogens with zero attached hydrogens (tertiary/aromatic N) is 5. The number of methoxy groups -OCH3 is 1. The van der Waals surface area contributed by atoms with Gasteiger partial charge in [-0.25, -0.2) is 19.2 Å². The molecule has 214 valence electrons. The van der Waals surface area contributed by atoms with E-state index < -0.39 is 5.82 Å². The Labute approximate surface area is 236 Å². The van der Waals surface area contributed by atoms with Gasteiger partial charge in [0.05, 0.1) is 25.5 Å². The third kappa shape index (κ3) is 6.07. The normalized spacial score (nSPS) is 13.2. The molecule has 1 aliphatic heterocycles. The number of carbonyl (C=O) groups is 2. The first-order valence-electron chi connectivity index (χ1n) is 13.3. The van der Waals surface area contributed by atoms with E-state index in [2.05, 4.69) is 20.6 Å². The fourth-order valence-electron chi connectivity index (χ4n) is 4.68. The van der Waals surface area contributed by atoms with E-state index >= 15 is 0 Å². The van der Waals surface area contributed by atoms with E-state index in [1.807, 2.05) is 17.4 Å². The summed E-state index contributed by atoms with van der Waals surface area (Å²) in [7, 11) is 3.11. The van der Waals surface area contributed by atoms with Crippen LogP contribution >= 0.6 is 0 Å². The molecule has 1 aliphatic rings. The molecule has 0 saturated carbocycles. The van der Waals surface area contributed by atoms with Crippen molar-refractivity contribution in [3.63, 3.8) is 0 Å². The Morgan fingerprint density at radius 3 is 2.68 bits per heavy atom. The Kier molecular flexibility index (Phi) is 8.29. The quantitative estimate of drug-likeness (QED) is 0.335. The molecule has 12 heteroatoms. The third-order valence-electron chi connectivity index (χ3n) is 6.97. The van der Waals surface area contributed by atoms with Crippen LogP contribution in [0.25, 0.3) is 16.9 Å². The van der Waals surface area contributed by atoms with Crippen molar-refractivity contribution >= 4 is 29.2 Å². The van der Waals surface area contributed by atoms with Gasteiger partial charge in [-0.1, -0.05) is 0 Å². The van der Waals surface area contributed by atoms with E-state index in [0.717, 1.165) is 24.3 Å². The number of carbonyl (C=O) groups excluding carboxylic acids is 2. The molecule has 2 amide bonds. The van der Waals surface area contributed by atoms with Gasteiger partial charge in [0, 0.05) is 62.4 Å². The number of rotatable bonds is 8. The molecule has 3 heterocycles. The number of ether oxygens (including phenoxy) is 2. The van der Waals surface area contributed by atoms with Crippen molar-refractivity contribution in [1.29, 1.82) is 0 Å². The zero-order valence-corrected chi connectivity index (χ0v) is 23.2. The number of nitrogens with one attached hydrogen (secondary N) is 2. The lowest BCUT2D eigenvalue weighted by atomic mass is 10.1. The lowest BCUT2D eigenvalue weighted by molar-refractivity contribution is 0.0686. The van der Waals surface area contributed by atoms with Crippen LogP contribution in [0.1, 0.15) is 15.9 Å². The van der Waals surface area contributed by atoms with Gasteiger partial charge in [-0.15, -0.1) is 0 Å². The highest BCUT2D eigenvalue weighted by atomic mass is 19.1. The van der Waals surface area contributed by atoms with Crippen LogP contribution in [-0.2, 0) is 4.74 Å². The second kappa shape index (κ2) is 12.2. The van der Waals surface area contributed by atoms with E-state index in [4.69, 9.17) is 9.47 Å². The molecule has 1 saturated heterocycles. The van der Waals surface area contributed by atoms with Gasteiger partial charge in [-0.3, -0.25) is 9.20 Å². The van der Waals surface area contributed by atoms with Crippen LogP contribution in [0, 0.1) is 12.7 Å². The Balaban J connectivity index is 1.25. The summed E-state index contributed by atoms with van der Waals surface area (Å²) < 4.78 is 26.5. The van der Waals surface area contributed by atoms with Crippen LogP contribution in [0.2, 0.25) is 0 Å². The lowest BCUT2D eigenvalue weighted by Crippen LogP contribution is -2.47. The fraction of sp³-hybridized carbons (Fsp3) is 0.310. The molecule has 0 bridgehead atoms. The number of aromatic nitrogens is 3. The fourth-order valence-corrected chi connectivity index (χ4v) is 4.68. The van der Waals surface area contributed by atoms with E-state index in [9.17, 15) is 14.0 Å².